The van der Waals surface area contributed by atoms with Gasteiger partial charge >= 0.3 is 0 Å². The van der Waals surface area contributed by atoms with Gasteiger partial charge in [-0.3, -0.25) is 0 Å². The zero-order valence-corrected chi connectivity index (χ0v) is 12.7. The maximum absolute atomic E-state index is 3.66. The Balaban J connectivity index is 1.82. The summed E-state index contributed by atoms with van der Waals surface area (Å²) >= 11 is 0. The fourth-order valence-corrected chi connectivity index (χ4v) is 3.54. The average molecular weight is 252 g/mol. The lowest BCUT2D eigenvalue weighted by Crippen LogP contribution is -2.47. The Bertz CT molecular complexity index is 239. The van der Waals surface area contributed by atoms with E-state index in [1.807, 2.05) is 0 Å². The van der Waals surface area contributed by atoms with Gasteiger partial charge < -0.3 is 10.2 Å². The molecule has 0 aromatic heterocycles. The fourth-order valence-electron chi connectivity index (χ4n) is 3.54. The Labute approximate surface area is 114 Å². The van der Waals surface area contributed by atoms with Crippen molar-refractivity contribution >= 4 is 0 Å². The van der Waals surface area contributed by atoms with Gasteiger partial charge in [-0.05, 0) is 45.1 Å². The summed E-state index contributed by atoms with van der Waals surface area (Å²) in [6.07, 6.45) is 11.3. The third-order valence-corrected chi connectivity index (χ3v) is 4.88. The smallest absolute Gasteiger partial charge is 0.0190 e. The molecule has 2 rings (SSSR count). The normalized spacial score (nSPS) is 23.8. The van der Waals surface area contributed by atoms with Crippen molar-refractivity contribution in [2.75, 3.05) is 20.1 Å². The molecule has 2 nitrogen and oxygen atoms in total. The van der Waals surface area contributed by atoms with Crippen molar-refractivity contribution in [1.29, 1.82) is 0 Å². The Morgan fingerprint density at radius 1 is 1.17 bits per heavy atom. The van der Waals surface area contributed by atoms with E-state index in [0.717, 1.165) is 12.0 Å². The van der Waals surface area contributed by atoms with Crippen LogP contribution in [0.25, 0.3) is 0 Å². The molecule has 0 aliphatic heterocycles. The summed E-state index contributed by atoms with van der Waals surface area (Å²) in [4.78, 5) is 2.76. The van der Waals surface area contributed by atoms with Crippen molar-refractivity contribution in [3.63, 3.8) is 0 Å². The quantitative estimate of drug-likeness (QED) is 0.747. The minimum Gasteiger partial charge on any atom is -0.314 e. The van der Waals surface area contributed by atoms with E-state index in [9.17, 15) is 0 Å². The first-order valence-corrected chi connectivity index (χ1v) is 8.08. The molecule has 2 heteroatoms. The van der Waals surface area contributed by atoms with Gasteiger partial charge in [-0.2, -0.15) is 0 Å². The van der Waals surface area contributed by atoms with Crippen LogP contribution >= 0.6 is 0 Å². The van der Waals surface area contributed by atoms with Gasteiger partial charge in [0.1, 0.15) is 0 Å². The van der Waals surface area contributed by atoms with Gasteiger partial charge in [-0.25, -0.2) is 0 Å². The minimum absolute atomic E-state index is 0.461. The van der Waals surface area contributed by atoms with Crippen LogP contribution in [0.3, 0.4) is 0 Å². The third kappa shape index (κ3) is 3.96. The lowest BCUT2D eigenvalue weighted by Gasteiger charge is -2.39. The summed E-state index contributed by atoms with van der Waals surface area (Å²) in [6, 6.07) is 0.921. The fraction of sp³-hybridized carbons (Fsp3) is 1.00. The molecule has 0 amide bonds. The van der Waals surface area contributed by atoms with E-state index in [1.54, 1.807) is 0 Å². The zero-order valence-electron chi connectivity index (χ0n) is 12.7. The minimum atomic E-state index is 0.461. The van der Waals surface area contributed by atoms with Crippen LogP contribution in [-0.2, 0) is 0 Å². The second-order valence-corrected chi connectivity index (χ2v) is 6.96. The van der Waals surface area contributed by atoms with Crippen molar-refractivity contribution in [1.82, 2.24) is 10.2 Å². The zero-order chi connectivity index (χ0) is 13.0. The monoisotopic (exact) mass is 252 g/mol. The number of rotatable bonds is 7. The molecule has 2 aliphatic rings. The maximum Gasteiger partial charge on any atom is 0.0190 e. The molecule has 0 radical (unpaired) electrons. The molecule has 0 unspecified atom stereocenters. The number of nitrogens with zero attached hydrogens (tertiary/aromatic N) is 1. The van der Waals surface area contributed by atoms with E-state index in [0.29, 0.717) is 5.54 Å². The van der Waals surface area contributed by atoms with Gasteiger partial charge in [0.05, 0.1) is 0 Å². The second kappa shape index (κ2) is 6.38. The molecular weight excluding hydrogens is 220 g/mol. The molecule has 0 spiro atoms. The molecule has 1 N–H and O–H groups in total. The topological polar surface area (TPSA) is 15.3 Å². The van der Waals surface area contributed by atoms with Crippen LogP contribution in [0.1, 0.15) is 65.2 Å². The highest BCUT2D eigenvalue weighted by Crippen LogP contribution is 2.33. The molecule has 106 valence electrons. The van der Waals surface area contributed by atoms with Gasteiger partial charge in [-0.1, -0.05) is 33.1 Å². The predicted octanol–water partition coefficient (Wildman–Crippen LogP) is 3.42. The van der Waals surface area contributed by atoms with Crippen LogP contribution in [0.15, 0.2) is 0 Å². The van der Waals surface area contributed by atoms with E-state index in [1.165, 1.54) is 64.5 Å². The van der Waals surface area contributed by atoms with Gasteiger partial charge in [0.25, 0.3) is 0 Å². The van der Waals surface area contributed by atoms with Crippen molar-refractivity contribution in [2.45, 2.75) is 76.8 Å². The van der Waals surface area contributed by atoms with Crippen LogP contribution in [-0.4, -0.2) is 36.6 Å². The highest BCUT2D eigenvalue weighted by molar-refractivity contribution is 4.92. The SMILES string of the molecule is CNC1(CCN(CC(C)C)C2CC2)CCCCC1. The molecule has 0 aromatic carbocycles. The van der Waals surface area contributed by atoms with Gasteiger partial charge in [0.15, 0.2) is 0 Å². The van der Waals surface area contributed by atoms with E-state index in [-0.39, 0.29) is 0 Å². The standard InChI is InChI=1S/C16H32N2/c1-14(2)13-18(15-7-8-15)12-11-16(17-3)9-5-4-6-10-16/h14-15,17H,4-13H2,1-3H3. The molecule has 2 aliphatic carbocycles. The van der Waals surface area contributed by atoms with Crippen LogP contribution < -0.4 is 5.32 Å². The summed E-state index contributed by atoms with van der Waals surface area (Å²) in [5.41, 5.74) is 0.461. The average Bonchev–Trinajstić information content (AvgIpc) is 3.19. The van der Waals surface area contributed by atoms with Crippen molar-refractivity contribution < 1.29 is 0 Å². The summed E-state index contributed by atoms with van der Waals surface area (Å²) in [6.45, 7) is 7.31. The van der Waals surface area contributed by atoms with Gasteiger partial charge in [-0.15, -0.1) is 0 Å². The van der Waals surface area contributed by atoms with E-state index < -0.39 is 0 Å². The molecular formula is C16H32N2. The van der Waals surface area contributed by atoms with Crippen molar-refractivity contribution in [3.05, 3.63) is 0 Å². The maximum atomic E-state index is 3.66. The molecule has 18 heavy (non-hydrogen) atoms. The van der Waals surface area contributed by atoms with Gasteiger partial charge in [0, 0.05) is 24.7 Å². The van der Waals surface area contributed by atoms with E-state index in [4.69, 9.17) is 0 Å². The first-order valence-electron chi connectivity index (χ1n) is 8.08. The van der Waals surface area contributed by atoms with Gasteiger partial charge in [0.2, 0.25) is 0 Å². The first-order chi connectivity index (χ1) is 8.65. The number of nitrogens with one attached hydrogen (secondary N) is 1. The van der Waals surface area contributed by atoms with E-state index >= 15 is 0 Å². The van der Waals surface area contributed by atoms with Crippen LogP contribution in [0.2, 0.25) is 0 Å². The predicted molar refractivity (Wildman–Crippen MR) is 78.9 cm³/mol. The second-order valence-electron chi connectivity index (χ2n) is 6.96. The van der Waals surface area contributed by atoms with Crippen LogP contribution in [0.4, 0.5) is 0 Å². The lowest BCUT2D eigenvalue weighted by molar-refractivity contribution is 0.167. The summed E-state index contributed by atoms with van der Waals surface area (Å²) in [5, 5.41) is 3.66. The number of hydrogen-bond donors (Lipinski definition) is 1. The third-order valence-electron chi connectivity index (χ3n) is 4.88. The Morgan fingerprint density at radius 3 is 2.33 bits per heavy atom. The van der Waals surface area contributed by atoms with Crippen LogP contribution in [0, 0.1) is 5.92 Å². The Kier molecular flexibility index (Phi) is 5.08. The largest absolute Gasteiger partial charge is 0.314 e. The molecule has 2 fully saturated rings. The van der Waals surface area contributed by atoms with Crippen LogP contribution in [0.5, 0.6) is 0 Å². The highest BCUT2D eigenvalue weighted by Gasteiger charge is 2.34. The highest BCUT2D eigenvalue weighted by atomic mass is 15.2. The van der Waals surface area contributed by atoms with E-state index in [2.05, 4.69) is 31.1 Å². The molecule has 0 saturated heterocycles. The summed E-state index contributed by atoms with van der Waals surface area (Å²) in [5.74, 6) is 0.808. The molecule has 0 aromatic rings. The number of hydrogen-bond acceptors (Lipinski definition) is 2. The lowest BCUT2D eigenvalue weighted by atomic mass is 9.79. The first kappa shape index (κ1) is 14.3. The van der Waals surface area contributed by atoms with Crippen molar-refractivity contribution in [3.8, 4) is 0 Å². The summed E-state index contributed by atoms with van der Waals surface area (Å²) < 4.78 is 0. The molecule has 0 bridgehead atoms. The van der Waals surface area contributed by atoms with Crippen molar-refractivity contribution in [2.24, 2.45) is 5.92 Å². The summed E-state index contributed by atoms with van der Waals surface area (Å²) in [7, 11) is 2.18. The Morgan fingerprint density at radius 2 is 1.83 bits per heavy atom. The Hall–Kier alpha value is -0.0800. The molecule has 0 heterocycles. The molecule has 2 saturated carbocycles. The molecule has 0 atom stereocenters.